The van der Waals surface area contributed by atoms with E-state index in [9.17, 15) is 14.3 Å². The first kappa shape index (κ1) is 16.3. The first-order valence-corrected chi connectivity index (χ1v) is 8.47. The van der Waals surface area contributed by atoms with Crippen LogP contribution in [-0.2, 0) is 11.2 Å². The van der Waals surface area contributed by atoms with Gasteiger partial charge in [-0.1, -0.05) is 25.1 Å². The van der Waals surface area contributed by atoms with Crippen molar-refractivity contribution in [3.05, 3.63) is 35.6 Å². The zero-order chi connectivity index (χ0) is 15.3. The van der Waals surface area contributed by atoms with Crippen molar-refractivity contribution in [3.63, 3.8) is 0 Å². The molecule has 5 heteroatoms. The van der Waals surface area contributed by atoms with E-state index in [-0.39, 0.29) is 17.6 Å². The lowest BCUT2D eigenvalue weighted by atomic mass is 9.99. The highest BCUT2D eigenvalue weighted by Gasteiger charge is 2.32. The average Bonchev–Trinajstić information content (AvgIpc) is 2.91. The lowest BCUT2D eigenvalue weighted by molar-refractivity contribution is -0.125. The Balaban J connectivity index is 1.76. The maximum Gasteiger partial charge on any atom is 0.222 e. The molecule has 21 heavy (non-hydrogen) atoms. The third-order valence-corrected chi connectivity index (χ3v) is 5.16. The minimum atomic E-state index is -0.758. The molecule has 1 amide bonds. The van der Waals surface area contributed by atoms with Crippen molar-refractivity contribution in [3.8, 4) is 0 Å². The molecule has 0 bridgehead atoms. The first-order chi connectivity index (χ1) is 10.0. The third-order valence-electron chi connectivity index (χ3n) is 3.93. The second kappa shape index (κ2) is 7.27. The number of amides is 1. The molecule has 0 saturated carbocycles. The van der Waals surface area contributed by atoms with Crippen LogP contribution in [0.25, 0.3) is 0 Å². The monoisotopic (exact) mass is 311 g/mol. The third kappa shape index (κ3) is 4.71. The van der Waals surface area contributed by atoms with E-state index in [0.717, 1.165) is 12.2 Å². The van der Waals surface area contributed by atoms with Crippen molar-refractivity contribution in [2.45, 2.75) is 31.8 Å². The summed E-state index contributed by atoms with van der Waals surface area (Å²) in [6.07, 6.45) is 1.86. The normalized spacial score (nSPS) is 23.0. The van der Waals surface area contributed by atoms with Crippen LogP contribution in [0.1, 0.15) is 25.3 Å². The van der Waals surface area contributed by atoms with Gasteiger partial charge in [-0.3, -0.25) is 4.79 Å². The molecule has 1 aliphatic heterocycles. The van der Waals surface area contributed by atoms with E-state index in [1.807, 2.05) is 6.92 Å². The van der Waals surface area contributed by atoms with Gasteiger partial charge >= 0.3 is 0 Å². The number of nitrogens with one attached hydrogen (secondary N) is 1. The highest BCUT2D eigenvalue weighted by atomic mass is 32.2. The Kier molecular flexibility index (Phi) is 5.65. The van der Waals surface area contributed by atoms with Gasteiger partial charge in [0.2, 0.25) is 5.91 Å². The smallest absolute Gasteiger partial charge is 0.222 e. The van der Waals surface area contributed by atoms with Gasteiger partial charge < -0.3 is 10.4 Å². The lowest BCUT2D eigenvalue weighted by Crippen LogP contribution is -2.44. The number of carbonyl (C=O) groups is 1. The molecule has 0 spiro atoms. The summed E-state index contributed by atoms with van der Waals surface area (Å²) in [5.74, 6) is 1.13. The van der Waals surface area contributed by atoms with E-state index in [2.05, 4.69) is 5.32 Å². The number of aryl methyl sites for hydroxylation is 1. The lowest BCUT2D eigenvalue weighted by Gasteiger charge is -2.22. The zero-order valence-corrected chi connectivity index (χ0v) is 13.1. The predicted molar refractivity (Wildman–Crippen MR) is 83.8 cm³/mol. The van der Waals surface area contributed by atoms with E-state index in [1.54, 1.807) is 30.0 Å². The number of thioether (sulfide) groups is 1. The van der Waals surface area contributed by atoms with Crippen molar-refractivity contribution >= 4 is 17.7 Å². The summed E-state index contributed by atoms with van der Waals surface area (Å²) in [5, 5.41) is 13.0. The van der Waals surface area contributed by atoms with Crippen LogP contribution in [0.15, 0.2) is 24.3 Å². The van der Waals surface area contributed by atoms with E-state index in [4.69, 9.17) is 0 Å². The summed E-state index contributed by atoms with van der Waals surface area (Å²) in [5.41, 5.74) is -0.117. The van der Waals surface area contributed by atoms with Crippen molar-refractivity contribution < 1.29 is 14.3 Å². The number of hydrogen-bond donors (Lipinski definition) is 2. The molecular formula is C16H22FNO2S. The molecule has 116 valence electrons. The van der Waals surface area contributed by atoms with E-state index < -0.39 is 5.60 Å². The Morgan fingerprint density at radius 1 is 1.52 bits per heavy atom. The van der Waals surface area contributed by atoms with Crippen LogP contribution in [-0.4, -0.2) is 34.7 Å². The number of benzene rings is 1. The molecule has 0 radical (unpaired) electrons. The number of halogens is 1. The molecule has 2 N–H and O–H groups in total. The SMILES string of the molecule is CC(CCc1ccccc1F)C(=O)NCC1(O)CCSC1. The summed E-state index contributed by atoms with van der Waals surface area (Å²) in [4.78, 5) is 12.0. The maximum atomic E-state index is 13.5. The molecular weight excluding hydrogens is 289 g/mol. The molecule has 0 aromatic heterocycles. The number of carbonyl (C=O) groups excluding carboxylic acids is 1. The number of hydrogen-bond acceptors (Lipinski definition) is 3. The minimum absolute atomic E-state index is 0.0725. The van der Waals surface area contributed by atoms with E-state index in [1.165, 1.54) is 6.07 Å². The second-order valence-electron chi connectivity index (χ2n) is 5.78. The molecule has 1 aliphatic rings. The predicted octanol–water partition coefficient (Wildman–Crippen LogP) is 2.38. The summed E-state index contributed by atoms with van der Waals surface area (Å²) in [6, 6.07) is 6.65. The summed E-state index contributed by atoms with van der Waals surface area (Å²) in [7, 11) is 0. The van der Waals surface area contributed by atoms with Crippen LogP contribution in [0.2, 0.25) is 0 Å². The molecule has 3 nitrogen and oxygen atoms in total. The highest BCUT2D eigenvalue weighted by molar-refractivity contribution is 7.99. The molecule has 1 aromatic carbocycles. The summed E-state index contributed by atoms with van der Waals surface area (Å²) >= 11 is 1.71. The second-order valence-corrected chi connectivity index (χ2v) is 6.88. The average molecular weight is 311 g/mol. The van der Waals surface area contributed by atoms with Gasteiger partial charge in [-0.05, 0) is 36.6 Å². The van der Waals surface area contributed by atoms with Crippen molar-refractivity contribution in [1.29, 1.82) is 0 Å². The topological polar surface area (TPSA) is 49.3 Å². The van der Waals surface area contributed by atoms with Crippen LogP contribution in [0.3, 0.4) is 0 Å². The van der Waals surface area contributed by atoms with Crippen molar-refractivity contribution in [2.24, 2.45) is 5.92 Å². The molecule has 1 fully saturated rings. The Hall–Kier alpha value is -1.07. The molecule has 1 heterocycles. The quantitative estimate of drug-likeness (QED) is 0.848. The van der Waals surface area contributed by atoms with Crippen LogP contribution in [0.4, 0.5) is 4.39 Å². The van der Waals surface area contributed by atoms with E-state index >= 15 is 0 Å². The maximum absolute atomic E-state index is 13.5. The Morgan fingerprint density at radius 3 is 2.95 bits per heavy atom. The van der Waals surface area contributed by atoms with Crippen molar-refractivity contribution in [1.82, 2.24) is 5.32 Å². The standard InChI is InChI=1S/C16H22FNO2S/c1-12(6-7-13-4-2-3-5-14(13)17)15(19)18-10-16(20)8-9-21-11-16/h2-5,12,20H,6-11H2,1H3,(H,18,19). The van der Waals surface area contributed by atoms with Crippen LogP contribution >= 0.6 is 11.8 Å². The Labute approximate surface area is 129 Å². The molecule has 2 rings (SSSR count). The molecule has 2 unspecified atom stereocenters. The van der Waals surface area contributed by atoms with Crippen molar-refractivity contribution in [2.75, 3.05) is 18.1 Å². The molecule has 2 atom stereocenters. The van der Waals surface area contributed by atoms with Gasteiger partial charge in [-0.15, -0.1) is 0 Å². The highest BCUT2D eigenvalue weighted by Crippen LogP contribution is 2.27. The molecule has 1 saturated heterocycles. The van der Waals surface area contributed by atoms with Gasteiger partial charge in [-0.2, -0.15) is 11.8 Å². The molecule has 0 aliphatic carbocycles. The van der Waals surface area contributed by atoms with Gasteiger partial charge in [0.05, 0.1) is 5.60 Å². The fraction of sp³-hybridized carbons (Fsp3) is 0.562. The first-order valence-electron chi connectivity index (χ1n) is 7.31. The Morgan fingerprint density at radius 2 is 2.29 bits per heavy atom. The Bertz CT molecular complexity index is 489. The van der Waals surface area contributed by atoms with Gasteiger partial charge in [0.15, 0.2) is 0 Å². The fourth-order valence-electron chi connectivity index (χ4n) is 2.37. The van der Waals surface area contributed by atoms with Crippen LogP contribution < -0.4 is 5.32 Å². The van der Waals surface area contributed by atoms with Crippen LogP contribution in [0, 0.1) is 11.7 Å². The number of rotatable bonds is 6. The van der Waals surface area contributed by atoms with Gasteiger partial charge in [0.25, 0.3) is 0 Å². The molecule has 1 aromatic rings. The van der Waals surface area contributed by atoms with Gasteiger partial charge in [0.1, 0.15) is 5.82 Å². The largest absolute Gasteiger partial charge is 0.387 e. The van der Waals surface area contributed by atoms with Crippen LogP contribution in [0.5, 0.6) is 0 Å². The van der Waals surface area contributed by atoms with Gasteiger partial charge in [-0.25, -0.2) is 4.39 Å². The van der Waals surface area contributed by atoms with Gasteiger partial charge in [0, 0.05) is 18.2 Å². The number of aliphatic hydroxyl groups is 1. The minimum Gasteiger partial charge on any atom is -0.387 e. The summed E-state index contributed by atoms with van der Waals surface area (Å²) in [6.45, 7) is 2.15. The fourth-order valence-corrected chi connectivity index (χ4v) is 3.66. The summed E-state index contributed by atoms with van der Waals surface area (Å²) < 4.78 is 13.5. The zero-order valence-electron chi connectivity index (χ0n) is 12.3. The van der Waals surface area contributed by atoms with E-state index in [0.29, 0.717) is 30.7 Å².